The molecular formula is C7H5Cl4N. The Bertz CT molecular complexity index is 285. The van der Waals surface area contributed by atoms with E-state index in [2.05, 4.69) is 4.98 Å². The molecular weight excluding hydrogens is 240 g/mol. The van der Waals surface area contributed by atoms with Crippen molar-refractivity contribution < 1.29 is 0 Å². The Morgan fingerprint density at radius 1 is 1.00 bits per heavy atom. The van der Waals surface area contributed by atoms with Crippen LogP contribution in [0.2, 0.25) is 20.4 Å². The summed E-state index contributed by atoms with van der Waals surface area (Å²) in [6.45, 7) is 1.92. The summed E-state index contributed by atoms with van der Waals surface area (Å²) >= 11 is 23.0. The van der Waals surface area contributed by atoms with Crippen molar-refractivity contribution in [3.8, 4) is 0 Å². The Morgan fingerprint density at radius 2 is 1.42 bits per heavy atom. The van der Waals surface area contributed by atoms with Crippen molar-refractivity contribution in [1.82, 2.24) is 4.98 Å². The van der Waals surface area contributed by atoms with Crippen molar-refractivity contribution in [3.63, 3.8) is 0 Å². The average molecular weight is 245 g/mol. The van der Waals surface area contributed by atoms with Crippen LogP contribution in [0.3, 0.4) is 0 Å². The number of rotatable bonds is 1. The Labute approximate surface area is 90.6 Å². The molecule has 0 atom stereocenters. The Balaban J connectivity index is 3.42. The third-order valence-corrected chi connectivity index (χ3v) is 3.00. The first-order valence-corrected chi connectivity index (χ1v) is 4.78. The highest BCUT2D eigenvalue weighted by molar-refractivity contribution is 6.46. The molecule has 0 aliphatic carbocycles. The fourth-order valence-corrected chi connectivity index (χ4v) is 1.87. The first-order valence-electron chi connectivity index (χ1n) is 3.26. The van der Waals surface area contributed by atoms with E-state index >= 15 is 0 Å². The highest BCUT2D eigenvalue weighted by Crippen LogP contribution is 2.34. The van der Waals surface area contributed by atoms with Crippen LogP contribution in [0, 0.1) is 0 Å². The molecule has 0 radical (unpaired) electrons. The van der Waals surface area contributed by atoms with Crippen LogP contribution in [-0.4, -0.2) is 4.98 Å². The van der Waals surface area contributed by atoms with Gasteiger partial charge in [-0.05, 0) is 12.0 Å². The molecule has 0 aliphatic rings. The number of hydrogen-bond acceptors (Lipinski definition) is 1. The fourth-order valence-electron chi connectivity index (χ4n) is 0.840. The van der Waals surface area contributed by atoms with E-state index < -0.39 is 0 Å². The molecule has 0 saturated heterocycles. The van der Waals surface area contributed by atoms with Gasteiger partial charge in [-0.25, -0.2) is 4.98 Å². The van der Waals surface area contributed by atoms with Crippen molar-refractivity contribution in [3.05, 3.63) is 25.9 Å². The summed E-state index contributed by atoms with van der Waals surface area (Å²) in [6.07, 6.45) is 0.680. The molecule has 66 valence electrons. The molecule has 1 aromatic heterocycles. The molecule has 0 fully saturated rings. The maximum atomic E-state index is 5.83. The van der Waals surface area contributed by atoms with E-state index in [-0.39, 0.29) is 10.3 Å². The smallest absolute Gasteiger partial charge is 0.149 e. The van der Waals surface area contributed by atoms with Gasteiger partial charge in [0.25, 0.3) is 0 Å². The van der Waals surface area contributed by atoms with Gasteiger partial charge in [-0.1, -0.05) is 53.3 Å². The van der Waals surface area contributed by atoms with Crippen molar-refractivity contribution in [2.75, 3.05) is 0 Å². The summed E-state index contributed by atoms with van der Waals surface area (Å²) < 4.78 is 0. The maximum Gasteiger partial charge on any atom is 0.149 e. The lowest BCUT2D eigenvalue weighted by atomic mass is 10.2. The summed E-state index contributed by atoms with van der Waals surface area (Å²) in [5.74, 6) is 0. The summed E-state index contributed by atoms with van der Waals surface area (Å²) in [5.41, 5.74) is 0.739. The molecule has 5 heteroatoms. The zero-order chi connectivity index (χ0) is 9.30. The van der Waals surface area contributed by atoms with Gasteiger partial charge in [0.05, 0.1) is 10.0 Å². The van der Waals surface area contributed by atoms with Gasteiger partial charge in [-0.15, -0.1) is 0 Å². The Kier molecular flexibility index (Phi) is 3.47. The van der Waals surface area contributed by atoms with Crippen LogP contribution in [0.4, 0.5) is 0 Å². The van der Waals surface area contributed by atoms with Crippen LogP contribution in [0.15, 0.2) is 0 Å². The van der Waals surface area contributed by atoms with Crippen LogP contribution in [0.5, 0.6) is 0 Å². The Hall–Kier alpha value is 0.310. The number of nitrogens with zero attached hydrogens (tertiary/aromatic N) is 1. The van der Waals surface area contributed by atoms with Crippen LogP contribution in [0.1, 0.15) is 12.5 Å². The van der Waals surface area contributed by atoms with Crippen LogP contribution >= 0.6 is 46.4 Å². The van der Waals surface area contributed by atoms with Crippen molar-refractivity contribution >= 4 is 46.4 Å². The lowest BCUT2D eigenvalue weighted by Gasteiger charge is -2.06. The van der Waals surface area contributed by atoms with E-state index in [9.17, 15) is 0 Å². The van der Waals surface area contributed by atoms with Gasteiger partial charge < -0.3 is 0 Å². The lowest BCUT2D eigenvalue weighted by Crippen LogP contribution is -1.90. The van der Waals surface area contributed by atoms with Crippen molar-refractivity contribution in [1.29, 1.82) is 0 Å². The lowest BCUT2D eigenvalue weighted by molar-refractivity contribution is 1.12. The van der Waals surface area contributed by atoms with Crippen LogP contribution in [-0.2, 0) is 6.42 Å². The predicted octanol–water partition coefficient (Wildman–Crippen LogP) is 4.26. The second-order valence-electron chi connectivity index (χ2n) is 2.15. The summed E-state index contributed by atoms with van der Waals surface area (Å²) in [6, 6.07) is 0. The molecule has 0 saturated carbocycles. The van der Waals surface area contributed by atoms with E-state index in [0.29, 0.717) is 16.5 Å². The molecule has 1 rings (SSSR count). The minimum absolute atomic E-state index is 0.197. The van der Waals surface area contributed by atoms with E-state index in [1.807, 2.05) is 6.92 Å². The topological polar surface area (TPSA) is 12.9 Å². The van der Waals surface area contributed by atoms with E-state index in [1.165, 1.54) is 0 Å². The molecule has 0 amide bonds. The summed E-state index contributed by atoms with van der Waals surface area (Å²) in [7, 11) is 0. The van der Waals surface area contributed by atoms with Gasteiger partial charge in [-0.2, -0.15) is 0 Å². The van der Waals surface area contributed by atoms with Gasteiger partial charge in [0, 0.05) is 0 Å². The largest absolute Gasteiger partial charge is 0.221 e. The van der Waals surface area contributed by atoms with Crippen molar-refractivity contribution in [2.45, 2.75) is 13.3 Å². The molecule has 0 spiro atoms. The molecule has 0 N–H and O–H groups in total. The third-order valence-electron chi connectivity index (χ3n) is 1.44. The van der Waals surface area contributed by atoms with Crippen molar-refractivity contribution in [2.24, 2.45) is 0 Å². The predicted molar refractivity (Wildman–Crippen MR) is 53.7 cm³/mol. The zero-order valence-electron chi connectivity index (χ0n) is 6.17. The molecule has 1 aromatic rings. The number of hydrogen-bond donors (Lipinski definition) is 0. The fraction of sp³-hybridized carbons (Fsp3) is 0.286. The van der Waals surface area contributed by atoms with Gasteiger partial charge in [0.2, 0.25) is 0 Å². The number of pyridine rings is 1. The summed E-state index contributed by atoms with van der Waals surface area (Å²) in [4.78, 5) is 3.75. The van der Waals surface area contributed by atoms with Gasteiger partial charge in [0.1, 0.15) is 10.3 Å². The molecule has 0 aliphatic heterocycles. The van der Waals surface area contributed by atoms with E-state index in [1.54, 1.807) is 0 Å². The quantitative estimate of drug-likeness (QED) is 0.673. The van der Waals surface area contributed by atoms with Crippen LogP contribution < -0.4 is 0 Å². The highest BCUT2D eigenvalue weighted by atomic mass is 35.5. The summed E-state index contributed by atoms with van der Waals surface area (Å²) in [5, 5.41) is 1.16. The Morgan fingerprint density at radius 3 is 1.75 bits per heavy atom. The molecule has 1 heterocycles. The number of halogens is 4. The third kappa shape index (κ3) is 1.80. The van der Waals surface area contributed by atoms with Gasteiger partial charge >= 0.3 is 0 Å². The minimum Gasteiger partial charge on any atom is -0.221 e. The van der Waals surface area contributed by atoms with Gasteiger partial charge in [0.15, 0.2) is 0 Å². The van der Waals surface area contributed by atoms with E-state index in [0.717, 1.165) is 5.56 Å². The maximum absolute atomic E-state index is 5.83. The minimum atomic E-state index is 0.197. The SMILES string of the molecule is CCc1c(Cl)c(Cl)nc(Cl)c1Cl. The number of aromatic nitrogens is 1. The first-order chi connectivity index (χ1) is 5.57. The monoisotopic (exact) mass is 243 g/mol. The second-order valence-corrected chi connectivity index (χ2v) is 3.63. The average Bonchev–Trinajstić information content (AvgIpc) is 2.02. The highest BCUT2D eigenvalue weighted by Gasteiger charge is 2.13. The zero-order valence-corrected chi connectivity index (χ0v) is 9.19. The van der Waals surface area contributed by atoms with Gasteiger partial charge in [-0.3, -0.25) is 0 Å². The van der Waals surface area contributed by atoms with E-state index in [4.69, 9.17) is 46.4 Å². The molecule has 0 unspecified atom stereocenters. The molecule has 0 bridgehead atoms. The molecule has 0 aromatic carbocycles. The molecule has 1 nitrogen and oxygen atoms in total. The second kappa shape index (κ2) is 4.01. The van der Waals surface area contributed by atoms with Crippen LogP contribution in [0.25, 0.3) is 0 Å². The molecule has 12 heavy (non-hydrogen) atoms. The standard InChI is InChI=1S/C7H5Cl4N/c1-2-3-4(8)6(10)12-7(11)5(3)9/h2H2,1H3. The first kappa shape index (κ1) is 10.4. The normalized spacial score (nSPS) is 10.4.